The number of allylic oxidation sites excluding steroid dienone is 2. The number of hydrogen-bond acceptors (Lipinski definition) is 3. The van der Waals surface area contributed by atoms with Crippen LogP contribution in [0.4, 0.5) is 0 Å². The van der Waals surface area contributed by atoms with Crippen LogP contribution in [0.3, 0.4) is 0 Å². The average Bonchev–Trinajstić information content (AvgIpc) is 3.18. The Kier molecular flexibility index (Phi) is 3.72. The van der Waals surface area contributed by atoms with Gasteiger partial charge in [0.2, 0.25) is 5.78 Å². The summed E-state index contributed by atoms with van der Waals surface area (Å²) in [6, 6.07) is 9.15. The minimum Gasteiger partial charge on any atom is -0.287 e. The predicted molar refractivity (Wildman–Crippen MR) is 75.5 cm³/mol. The minimum absolute atomic E-state index is 0.0858. The molecule has 1 heterocycles. The third-order valence-electron chi connectivity index (χ3n) is 2.93. The van der Waals surface area contributed by atoms with Crippen molar-refractivity contribution in [3.05, 3.63) is 86.2 Å². The molecule has 0 atom stereocenters. The molecule has 0 saturated heterocycles. The van der Waals surface area contributed by atoms with Gasteiger partial charge in [-0.05, 0) is 31.8 Å². The fraction of sp³-hybridized carbons (Fsp3) is 0. The van der Waals surface area contributed by atoms with Crippen LogP contribution in [0.5, 0.6) is 0 Å². The third-order valence-corrected chi connectivity index (χ3v) is 2.93. The molecule has 3 rings (SSSR count). The van der Waals surface area contributed by atoms with Crippen molar-refractivity contribution in [1.29, 1.82) is 0 Å². The van der Waals surface area contributed by atoms with E-state index in [4.69, 9.17) is 0 Å². The molecule has 1 aliphatic rings. The Balaban J connectivity index is 1.95. The van der Waals surface area contributed by atoms with E-state index in [0.29, 0.717) is 11.3 Å². The molecule has 4 nitrogen and oxygen atoms in total. The molecule has 97 valence electrons. The Bertz CT molecular complexity index is 596. The first kappa shape index (κ1) is 12.8. The first-order valence-electron chi connectivity index (χ1n) is 6.23. The summed E-state index contributed by atoms with van der Waals surface area (Å²) in [7, 11) is 0. The number of hydrogen-bond donors (Lipinski definition) is 0. The molecule has 1 aromatic carbocycles. The maximum atomic E-state index is 12.6. The van der Waals surface area contributed by atoms with Crippen molar-refractivity contribution < 1.29 is 4.79 Å². The van der Waals surface area contributed by atoms with Crippen LogP contribution in [-0.4, -0.2) is 20.5 Å². The molecule has 0 bridgehead atoms. The number of benzene rings is 1. The Morgan fingerprint density at radius 2 is 1.85 bits per heavy atom. The normalized spacial score (nSPS) is 16.5. The van der Waals surface area contributed by atoms with E-state index in [1.807, 2.05) is 50.0 Å². The second-order valence-corrected chi connectivity index (χ2v) is 4.28. The van der Waals surface area contributed by atoms with Gasteiger partial charge in [-0.1, -0.05) is 30.3 Å². The van der Waals surface area contributed by atoms with Gasteiger partial charge in [0.1, 0.15) is 18.4 Å². The summed E-state index contributed by atoms with van der Waals surface area (Å²) in [6.45, 7) is 0. The highest BCUT2D eigenvalue weighted by Gasteiger charge is 2.20. The fourth-order valence-corrected chi connectivity index (χ4v) is 1.95. The van der Waals surface area contributed by atoms with E-state index in [1.54, 1.807) is 12.1 Å². The number of nitrogens with zero attached hydrogens (tertiary/aromatic N) is 3. The second kappa shape index (κ2) is 5.82. The van der Waals surface area contributed by atoms with E-state index in [0.717, 1.165) is 5.92 Å². The molecule has 2 aromatic rings. The van der Waals surface area contributed by atoms with E-state index in [2.05, 4.69) is 10.1 Å². The van der Waals surface area contributed by atoms with Gasteiger partial charge >= 0.3 is 0 Å². The Morgan fingerprint density at radius 3 is 2.50 bits per heavy atom. The summed E-state index contributed by atoms with van der Waals surface area (Å²) in [5.41, 5.74) is 1.10. The van der Waals surface area contributed by atoms with Crippen LogP contribution in [0.2, 0.25) is 0 Å². The minimum atomic E-state index is -0.0858. The van der Waals surface area contributed by atoms with Gasteiger partial charge in [0.15, 0.2) is 0 Å². The van der Waals surface area contributed by atoms with E-state index in [1.165, 1.54) is 17.3 Å². The van der Waals surface area contributed by atoms with Gasteiger partial charge in [0.05, 0.1) is 0 Å². The van der Waals surface area contributed by atoms with Gasteiger partial charge < -0.3 is 0 Å². The van der Waals surface area contributed by atoms with Crippen LogP contribution in [-0.2, 0) is 0 Å². The van der Waals surface area contributed by atoms with Crippen LogP contribution >= 0.6 is 0 Å². The zero-order valence-corrected chi connectivity index (χ0v) is 10.7. The lowest BCUT2D eigenvalue weighted by Gasteiger charge is -2.09. The SMILES string of the molecule is O=C(/C(=C/[C]1[CH][CH][CH][CH]1)n1cncn1)c1ccccc1. The highest BCUT2D eigenvalue weighted by molar-refractivity contribution is 6.24. The third kappa shape index (κ3) is 2.69. The number of rotatable bonds is 4. The number of carbonyl (C=O) groups is 1. The van der Waals surface area contributed by atoms with Gasteiger partial charge in [-0.25, -0.2) is 9.67 Å². The first-order valence-corrected chi connectivity index (χ1v) is 6.23. The number of ketones is 1. The van der Waals surface area contributed by atoms with Gasteiger partial charge in [-0.2, -0.15) is 5.10 Å². The average molecular weight is 262 g/mol. The zero-order chi connectivity index (χ0) is 13.8. The lowest BCUT2D eigenvalue weighted by molar-refractivity contribution is 0.105. The molecule has 0 amide bonds. The number of carbonyl (C=O) groups excluding carboxylic acids is 1. The fourth-order valence-electron chi connectivity index (χ4n) is 1.95. The summed E-state index contributed by atoms with van der Waals surface area (Å²) >= 11 is 0. The summed E-state index contributed by atoms with van der Waals surface area (Å²) < 4.78 is 1.49. The molecule has 20 heavy (non-hydrogen) atoms. The largest absolute Gasteiger partial charge is 0.287 e. The maximum absolute atomic E-state index is 12.6. The van der Waals surface area contributed by atoms with E-state index in [9.17, 15) is 4.79 Å². The highest BCUT2D eigenvalue weighted by Crippen LogP contribution is 2.27. The number of Topliss-reactive ketones (excluding diaryl/α,β-unsaturated/α-hetero) is 1. The molecule has 1 saturated carbocycles. The van der Waals surface area contributed by atoms with Crippen LogP contribution in [0, 0.1) is 31.6 Å². The molecule has 5 radical (unpaired) electrons. The van der Waals surface area contributed by atoms with Gasteiger partial charge in [-0.3, -0.25) is 4.79 Å². The summed E-state index contributed by atoms with van der Waals surface area (Å²) in [4.78, 5) is 16.5. The summed E-state index contributed by atoms with van der Waals surface area (Å²) in [6.07, 6.45) is 12.5. The van der Waals surface area contributed by atoms with Crippen molar-refractivity contribution in [1.82, 2.24) is 14.8 Å². The van der Waals surface area contributed by atoms with Gasteiger partial charge in [0.25, 0.3) is 0 Å². The van der Waals surface area contributed by atoms with Crippen molar-refractivity contribution in [3.8, 4) is 0 Å². The van der Waals surface area contributed by atoms with Crippen LogP contribution < -0.4 is 0 Å². The van der Waals surface area contributed by atoms with Crippen molar-refractivity contribution in [2.45, 2.75) is 0 Å². The lowest BCUT2D eigenvalue weighted by atomic mass is 10.0. The van der Waals surface area contributed by atoms with Gasteiger partial charge in [-0.15, -0.1) is 0 Å². The summed E-state index contributed by atoms with van der Waals surface area (Å²) in [5.74, 6) is 0.872. The lowest BCUT2D eigenvalue weighted by Crippen LogP contribution is -2.11. The van der Waals surface area contributed by atoms with E-state index < -0.39 is 0 Å². The van der Waals surface area contributed by atoms with Crippen LogP contribution in [0.1, 0.15) is 10.4 Å². The molecule has 1 fully saturated rings. The quantitative estimate of drug-likeness (QED) is 0.628. The summed E-state index contributed by atoms with van der Waals surface area (Å²) in [5, 5.41) is 4.06. The molecule has 0 aliphatic heterocycles. The Morgan fingerprint density at radius 1 is 1.10 bits per heavy atom. The van der Waals surface area contributed by atoms with Crippen molar-refractivity contribution in [2.24, 2.45) is 0 Å². The van der Waals surface area contributed by atoms with Crippen molar-refractivity contribution in [2.75, 3.05) is 0 Å². The Labute approximate surface area is 118 Å². The Hall–Kier alpha value is -2.23. The standard InChI is InChI=1S/C16H12N3O/c20-16(14-8-2-1-3-9-14)15(19-12-17-11-18-19)10-13-6-4-5-7-13/h1-12H/b15-10-. The van der Waals surface area contributed by atoms with Crippen molar-refractivity contribution in [3.63, 3.8) is 0 Å². The van der Waals surface area contributed by atoms with Crippen molar-refractivity contribution >= 4 is 11.5 Å². The highest BCUT2D eigenvalue weighted by atomic mass is 16.1. The van der Waals surface area contributed by atoms with E-state index >= 15 is 0 Å². The molecule has 0 N–H and O–H groups in total. The maximum Gasteiger partial charge on any atom is 0.211 e. The molecule has 1 aliphatic carbocycles. The monoisotopic (exact) mass is 262 g/mol. The molecular weight excluding hydrogens is 250 g/mol. The number of aromatic nitrogens is 3. The van der Waals surface area contributed by atoms with E-state index in [-0.39, 0.29) is 5.78 Å². The zero-order valence-electron chi connectivity index (χ0n) is 10.7. The second-order valence-electron chi connectivity index (χ2n) is 4.28. The first-order chi connectivity index (χ1) is 9.84. The molecule has 4 heteroatoms. The van der Waals surface area contributed by atoms with Crippen LogP contribution in [0.25, 0.3) is 5.70 Å². The predicted octanol–water partition coefficient (Wildman–Crippen LogP) is 2.41. The molecular formula is C16H12N3O. The van der Waals surface area contributed by atoms with Crippen LogP contribution in [0.15, 0.2) is 49.1 Å². The smallest absolute Gasteiger partial charge is 0.211 e. The van der Waals surface area contributed by atoms with Gasteiger partial charge in [0, 0.05) is 11.5 Å². The molecule has 0 unspecified atom stereocenters. The topological polar surface area (TPSA) is 47.8 Å². The molecule has 0 spiro atoms. The molecule has 1 aromatic heterocycles.